The van der Waals surface area contributed by atoms with Crippen LogP contribution in [0.15, 0.2) is 59.8 Å². The van der Waals surface area contributed by atoms with Crippen LogP contribution in [0.3, 0.4) is 0 Å². The highest BCUT2D eigenvalue weighted by molar-refractivity contribution is 5.98. The lowest BCUT2D eigenvalue weighted by atomic mass is 10.1. The molecule has 0 aromatic heterocycles. The highest BCUT2D eigenvalue weighted by atomic mass is 16.6. The summed E-state index contributed by atoms with van der Waals surface area (Å²) in [5.74, 6) is 0. The van der Waals surface area contributed by atoms with E-state index in [4.69, 9.17) is 4.84 Å². The summed E-state index contributed by atoms with van der Waals surface area (Å²) in [6, 6.07) is 18.5. The van der Waals surface area contributed by atoms with Crippen LogP contribution in [-0.4, -0.2) is 5.71 Å². The van der Waals surface area contributed by atoms with Gasteiger partial charge in [-0.15, -0.1) is 0 Å². The van der Waals surface area contributed by atoms with Gasteiger partial charge in [0, 0.05) is 0 Å². The molecule has 0 saturated carbocycles. The lowest BCUT2D eigenvalue weighted by Gasteiger charge is -2.04. The van der Waals surface area contributed by atoms with Gasteiger partial charge < -0.3 is 4.84 Å². The molecule has 19 heavy (non-hydrogen) atoms. The Labute approximate surface area is 114 Å². The minimum Gasteiger partial charge on any atom is -0.391 e. The standard InChI is InChI=1S/C17H19NO/c1-3-15-10-7-11-17(12-15)14(2)18-19-13-16-8-5-4-6-9-16/h4-12H,3,13H2,1-2H3/b18-14+. The van der Waals surface area contributed by atoms with E-state index in [-0.39, 0.29) is 0 Å². The SMILES string of the molecule is CCc1cccc(/C(C)=N/OCc2ccccc2)c1. The third-order valence-electron chi connectivity index (χ3n) is 3.03. The Balaban J connectivity index is 1.98. The van der Waals surface area contributed by atoms with Gasteiger partial charge in [-0.3, -0.25) is 0 Å². The van der Waals surface area contributed by atoms with E-state index in [1.165, 1.54) is 5.56 Å². The van der Waals surface area contributed by atoms with Crippen LogP contribution in [0.5, 0.6) is 0 Å². The molecule has 2 aromatic carbocycles. The Kier molecular flexibility index (Phi) is 4.73. The van der Waals surface area contributed by atoms with E-state index in [9.17, 15) is 0 Å². The van der Waals surface area contributed by atoms with E-state index in [2.05, 4.69) is 36.3 Å². The number of nitrogens with zero attached hydrogens (tertiary/aromatic N) is 1. The first-order valence-corrected chi connectivity index (χ1v) is 6.59. The van der Waals surface area contributed by atoms with Crippen LogP contribution >= 0.6 is 0 Å². The predicted octanol–water partition coefficient (Wildman–Crippen LogP) is 4.19. The molecule has 98 valence electrons. The summed E-state index contributed by atoms with van der Waals surface area (Å²) in [7, 11) is 0. The molecule has 0 radical (unpaired) electrons. The molecule has 2 nitrogen and oxygen atoms in total. The molecular weight excluding hydrogens is 234 g/mol. The summed E-state index contributed by atoms with van der Waals surface area (Å²) in [5.41, 5.74) is 4.47. The Bertz CT molecular complexity index is 546. The highest BCUT2D eigenvalue weighted by Crippen LogP contribution is 2.08. The number of oxime groups is 1. The quantitative estimate of drug-likeness (QED) is 0.578. The minimum absolute atomic E-state index is 0.506. The average molecular weight is 253 g/mol. The lowest BCUT2D eigenvalue weighted by Crippen LogP contribution is -1.98. The normalized spacial score (nSPS) is 11.4. The summed E-state index contributed by atoms with van der Waals surface area (Å²) in [6.07, 6.45) is 1.03. The van der Waals surface area contributed by atoms with Crippen LogP contribution in [0.1, 0.15) is 30.5 Å². The number of hydrogen-bond acceptors (Lipinski definition) is 2. The first-order chi connectivity index (χ1) is 9.29. The molecule has 0 heterocycles. The van der Waals surface area contributed by atoms with Crippen molar-refractivity contribution in [1.82, 2.24) is 0 Å². The molecule has 0 aliphatic carbocycles. The molecule has 0 spiro atoms. The van der Waals surface area contributed by atoms with Crippen molar-refractivity contribution < 1.29 is 4.84 Å². The first-order valence-electron chi connectivity index (χ1n) is 6.59. The van der Waals surface area contributed by atoms with Crippen LogP contribution in [0.2, 0.25) is 0 Å². The Hall–Kier alpha value is -2.09. The summed E-state index contributed by atoms with van der Waals surface area (Å²) < 4.78 is 0. The van der Waals surface area contributed by atoms with E-state index in [0.717, 1.165) is 23.3 Å². The summed E-state index contributed by atoms with van der Waals surface area (Å²) in [6.45, 7) is 4.63. The summed E-state index contributed by atoms with van der Waals surface area (Å²) >= 11 is 0. The minimum atomic E-state index is 0.506. The largest absolute Gasteiger partial charge is 0.391 e. The average Bonchev–Trinajstić information content (AvgIpc) is 2.48. The Morgan fingerprint density at radius 3 is 2.47 bits per heavy atom. The third-order valence-corrected chi connectivity index (χ3v) is 3.03. The second-order valence-corrected chi connectivity index (χ2v) is 4.49. The maximum atomic E-state index is 5.40. The van der Waals surface area contributed by atoms with Crippen LogP contribution in [-0.2, 0) is 17.9 Å². The van der Waals surface area contributed by atoms with Gasteiger partial charge in [0.15, 0.2) is 0 Å². The van der Waals surface area contributed by atoms with Crippen molar-refractivity contribution in [3.63, 3.8) is 0 Å². The molecule has 0 amide bonds. The van der Waals surface area contributed by atoms with Crippen molar-refractivity contribution in [1.29, 1.82) is 0 Å². The molecule has 0 aliphatic rings. The van der Waals surface area contributed by atoms with Crippen molar-refractivity contribution in [3.8, 4) is 0 Å². The topological polar surface area (TPSA) is 21.6 Å². The molecule has 0 bridgehead atoms. The van der Waals surface area contributed by atoms with Gasteiger partial charge in [0.25, 0.3) is 0 Å². The maximum Gasteiger partial charge on any atom is 0.142 e. The van der Waals surface area contributed by atoms with Crippen molar-refractivity contribution in [2.45, 2.75) is 26.9 Å². The van der Waals surface area contributed by atoms with Crippen LogP contribution in [0.25, 0.3) is 0 Å². The molecule has 0 N–H and O–H groups in total. The first kappa shape index (κ1) is 13.3. The van der Waals surface area contributed by atoms with Gasteiger partial charge in [-0.2, -0.15) is 0 Å². The molecule has 0 aliphatic heterocycles. The number of hydrogen-bond donors (Lipinski definition) is 0. The third kappa shape index (κ3) is 3.95. The van der Waals surface area contributed by atoms with E-state index in [0.29, 0.717) is 6.61 Å². The van der Waals surface area contributed by atoms with Gasteiger partial charge in [0.2, 0.25) is 0 Å². The zero-order valence-electron chi connectivity index (χ0n) is 11.5. The van der Waals surface area contributed by atoms with Gasteiger partial charge in [0.05, 0.1) is 5.71 Å². The highest BCUT2D eigenvalue weighted by Gasteiger charge is 1.99. The second kappa shape index (κ2) is 6.74. The van der Waals surface area contributed by atoms with Crippen LogP contribution in [0.4, 0.5) is 0 Å². The Morgan fingerprint density at radius 2 is 1.74 bits per heavy atom. The van der Waals surface area contributed by atoms with Gasteiger partial charge in [0.1, 0.15) is 6.61 Å². The van der Waals surface area contributed by atoms with Crippen LogP contribution in [0, 0.1) is 0 Å². The fraction of sp³-hybridized carbons (Fsp3) is 0.235. The molecule has 2 heteroatoms. The fourth-order valence-electron chi connectivity index (χ4n) is 1.85. The van der Waals surface area contributed by atoms with Crippen molar-refractivity contribution in [2.75, 3.05) is 0 Å². The van der Waals surface area contributed by atoms with Crippen LogP contribution < -0.4 is 0 Å². The maximum absolute atomic E-state index is 5.40. The molecular formula is C17H19NO. The molecule has 2 rings (SSSR count). The summed E-state index contributed by atoms with van der Waals surface area (Å²) in [5, 5.41) is 4.18. The second-order valence-electron chi connectivity index (χ2n) is 4.49. The number of benzene rings is 2. The van der Waals surface area contributed by atoms with Crippen molar-refractivity contribution in [2.24, 2.45) is 5.16 Å². The van der Waals surface area contributed by atoms with Crippen molar-refractivity contribution in [3.05, 3.63) is 71.3 Å². The number of rotatable bonds is 5. The zero-order valence-corrected chi connectivity index (χ0v) is 11.5. The monoisotopic (exact) mass is 253 g/mol. The van der Waals surface area contributed by atoms with Gasteiger partial charge in [-0.05, 0) is 36.1 Å². The van der Waals surface area contributed by atoms with Gasteiger partial charge in [-0.1, -0.05) is 60.6 Å². The molecule has 0 saturated heterocycles. The predicted molar refractivity (Wildman–Crippen MR) is 79.3 cm³/mol. The molecule has 0 unspecified atom stereocenters. The van der Waals surface area contributed by atoms with E-state index in [1.54, 1.807) is 0 Å². The zero-order chi connectivity index (χ0) is 13.5. The van der Waals surface area contributed by atoms with E-state index >= 15 is 0 Å². The molecule has 0 atom stereocenters. The van der Waals surface area contributed by atoms with Crippen molar-refractivity contribution >= 4 is 5.71 Å². The smallest absolute Gasteiger partial charge is 0.142 e. The summed E-state index contributed by atoms with van der Waals surface area (Å²) in [4.78, 5) is 5.40. The number of aryl methyl sites for hydroxylation is 1. The van der Waals surface area contributed by atoms with Gasteiger partial charge >= 0.3 is 0 Å². The molecule has 2 aromatic rings. The van der Waals surface area contributed by atoms with E-state index < -0.39 is 0 Å². The van der Waals surface area contributed by atoms with Gasteiger partial charge in [-0.25, -0.2) is 0 Å². The van der Waals surface area contributed by atoms with E-state index in [1.807, 2.05) is 37.3 Å². The molecule has 0 fully saturated rings. The Morgan fingerprint density at radius 1 is 1.00 bits per heavy atom. The lowest BCUT2D eigenvalue weighted by molar-refractivity contribution is 0.130. The fourth-order valence-corrected chi connectivity index (χ4v) is 1.85.